The van der Waals surface area contributed by atoms with Gasteiger partial charge in [-0.2, -0.15) is 0 Å². The molecule has 0 radical (unpaired) electrons. The zero-order chi connectivity index (χ0) is 9.26. The predicted octanol–water partition coefficient (Wildman–Crippen LogP) is 1.66. The number of carbonyl (C=O) groups is 2. The second-order valence-electron chi connectivity index (χ2n) is 3.35. The summed E-state index contributed by atoms with van der Waals surface area (Å²) in [6.45, 7) is 0. The van der Waals surface area contributed by atoms with Gasteiger partial charge in [0.05, 0.1) is 0 Å². The summed E-state index contributed by atoms with van der Waals surface area (Å²) in [5.41, 5.74) is 2.05. The summed E-state index contributed by atoms with van der Waals surface area (Å²) in [6.07, 6.45) is 2.51. The molecular weight excluding hydrogens is 164 g/mol. The topological polar surface area (TPSA) is 34.1 Å². The Hall–Kier alpha value is -1.44. The molecule has 0 fully saturated rings. The van der Waals surface area contributed by atoms with Crippen molar-refractivity contribution in [2.24, 2.45) is 0 Å². The summed E-state index contributed by atoms with van der Waals surface area (Å²) in [6, 6.07) is 7.67. The van der Waals surface area contributed by atoms with Crippen molar-refractivity contribution in [1.29, 1.82) is 0 Å². The number of rotatable bonds is 2. The minimum Gasteiger partial charge on any atom is -0.303 e. The highest BCUT2D eigenvalue weighted by Crippen LogP contribution is 2.38. The molecule has 13 heavy (non-hydrogen) atoms. The Bertz CT molecular complexity index is 311. The van der Waals surface area contributed by atoms with Gasteiger partial charge in [-0.05, 0) is 17.5 Å². The van der Waals surface area contributed by atoms with Crippen molar-refractivity contribution < 1.29 is 9.59 Å². The predicted molar refractivity (Wildman–Crippen MR) is 48.7 cm³/mol. The molecule has 0 N–H and O–H groups in total. The van der Waals surface area contributed by atoms with E-state index >= 15 is 0 Å². The highest BCUT2D eigenvalue weighted by molar-refractivity contribution is 5.73. The van der Waals surface area contributed by atoms with Crippen LogP contribution in [0.15, 0.2) is 24.3 Å². The van der Waals surface area contributed by atoms with E-state index in [0.717, 1.165) is 23.7 Å². The van der Waals surface area contributed by atoms with E-state index in [1.807, 2.05) is 24.3 Å². The average Bonchev–Trinajstić information content (AvgIpc) is 2.56. The van der Waals surface area contributed by atoms with Crippen molar-refractivity contribution in [2.75, 3.05) is 0 Å². The number of carbonyl (C=O) groups excluding carboxylic acids is 2. The molecule has 0 unspecified atom stereocenters. The molecule has 0 amide bonds. The van der Waals surface area contributed by atoms with Crippen LogP contribution in [0.25, 0.3) is 0 Å². The highest BCUT2D eigenvalue weighted by atomic mass is 16.1. The third-order valence-electron chi connectivity index (χ3n) is 2.63. The molecule has 0 aliphatic heterocycles. The van der Waals surface area contributed by atoms with E-state index in [4.69, 9.17) is 0 Å². The van der Waals surface area contributed by atoms with Crippen LogP contribution in [0.5, 0.6) is 0 Å². The fourth-order valence-electron chi connectivity index (χ4n) is 1.97. The molecule has 1 aliphatic carbocycles. The number of aldehydes is 2. The van der Waals surface area contributed by atoms with E-state index in [1.165, 1.54) is 0 Å². The summed E-state index contributed by atoms with van der Waals surface area (Å²) in [5, 5.41) is 0. The number of fused-ring (bicyclic) bond motifs is 1. The first-order valence-corrected chi connectivity index (χ1v) is 4.36. The van der Waals surface area contributed by atoms with Gasteiger partial charge in [-0.25, -0.2) is 0 Å². The monoisotopic (exact) mass is 174 g/mol. The standard InChI is InChI=1S/C11H10O2/c12-6-8-5-9(7-13)11-4-2-1-3-10(8)11/h1-4,6-9H,5H2/t8-,9+. The number of hydrogen-bond donors (Lipinski definition) is 0. The van der Waals surface area contributed by atoms with Gasteiger partial charge in [0.2, 0.25) is 0 Å². The number of hydrogen-bond acceptors (Lipinski definition) is 2. The Morgan fingerprint density at radius 2 is 1.46 bits per heavy atom. The SMILES string of the molecule is O=C[C@@H]1C[C@H](C=O)c2ccccc21. The quantitative estimate of drug-likeness (QED) is 0.639. The molecule has 2 atom stereocenters. The lowest BCUT2D eigenvalue weighted by Crippen LogP contribution is -1.95. The molecule has 2 nitrogen and oxygen atoms in total. The zero-order valence-corrected chi connectivity index (χ0v) is 7.14. The fraction of sp³-hybridized carbons (Fsp3) is 0.273. The van der Waals surface area contributed by atoms with E-state index in [9.17, 15) is 9.59 Å². The van der Waals surface area contributed by atoms with Gasteiger partial charge in [-0.3, -0.25) is 0 Å². The molecule has 2 rings (SSSR count). The van der Waals surface area contributed by atoms with Crippen molar-refractivity contribution >= 4 is 12.6 Å². The minimum atomic E-state index is -0.0774. The van der Waals surface area contributed by atoms with E-state index in [-0.39, 0.29) is 11.8 Å². The molecule has 1 aromatic carbocycles. The third kappa shape index (κ3) is 1.18. The second-order valence-corrected chi connectivity index (χ2v) is 3.35. The smallest absolute Gasteiger partial charge is 0.127 e. The molecule has 0 heterocycles. The van der Waals surface area contributed by atoms with Crippen LogP contribution in [0.3, 0.4) is 0 Å². The van der Waals surface area contributed by atoms with E-state index in [0.29, 0.717) is 6.42 Å². The third-order valence-corrected chi connectivity index (χ3v) is 2.63. The minimum absolute atomic E-state index is 0.0774. The Morgan fingerprint density at radius 1 is 1.00 bits per heavy atom. The van der Waals surface area contributed by atoms with E-state index in [2.05, 4.69) is 0 Å². The lowest BCUT2D eigenvalue weighted by Gasteiger charge is -2.01. The zero-order valence-electron chi connectivity index (χ0n) is 7.14. The summed E-state index contributed by atoms with van der Waals surface area (Å²) >= 11 is 0. The van der Waals surface area contributed by atoms with Crippen LogP contribution in [-0.2, 0) is 9.59 Å². The van der Waals surface area contributed by atoms with Gasteiger partial charge in [0.25, 0.3) is 0 Å². The van der Waals surface area contributed by atoms with Crippen molar-refractivity contribution in [1.82, 2.24) is 0 Å². The molecule has 66 valence electrons. The molecule has 0 saturated carbocycles. The normalized spacial score (nSPS) is 25.2. The largest absolute Gasteiger partial charge is 0.303 e. The first-order chi connectivity index (χ1) is 6.36. The van der Waals surface area contributed by atoms with Crippen molar-refractivity contribution in [3.8, 4) is 0 Å². The molecule has 1 aliphatic rings. The Kier molecular flexibility index (Phi) is 1.97. The summed E-state index contributed by atoms with van der Waals surface area (Å²) in [5.74, 6) is -0.155. The van der Waals surface area contributed by atoms with Crippen LogP contribution in [0, 0.1) is 0 Å². The highest BCUT2D eigenvalue weighted by Gasteiger charge is 2.29. The van der Waals surface area contributed by atoms with Crippen LogP contribution < -0.4 is 0 Å². The first kappa shape index (κ1) is 8.17. The Labute approximate surface area is 76.6 Å². The summed E-state index contributed by atoms with van der Waals surface area (Å²) in [4.78, 5) is 21.4. The van der Waals surface area contributed by atoms with Crippen LogP contribution in [0.1, 0.15) is 29.4 Å². The van der Waals surface area contributed by atoms with Crippen LogP contribution in [0.4, 0.5) is 0 Å². The number of benzene rings is 1. The summed E-state index contributed by atoms with van der Waals surface area (Å²) < 4.78 is 0. The van der Waals surface area contributed by atoms with Crippen molar-refractivity contribution in [3.63, 3.8) is 0 Å². The van der Waals surface area contributed by atoms with Gasteiger partial charge in [-0.1, -0.05) is 24.3 Å². The van der Waals surface area contributed by atoms with Crippen LogP contribution in [0.2, 0.25) is 0 Å². The van der Waals surface area contributed by atoms with Gasteiger partial charge in [0.1, 0.15) is 12.6 Å². The van der Waals surface area contributed by atoms with Crippen molar-refractivity contribution in [3.05, 3.63) is 35.4 Å². The van der Waals surface area contributed by atoms with Crippen LogP contribution >= 0.6 is 0 Å². The van der Waals surface area contributed by atoms with Gasteiger partial charge < -0.3 is 9.59 Å². The van der Waals surface area contributed by atoms with Crippen molar-refractivity contribution in [2.45, 2.75) is 18.3 Å². The fourth-order valence-corrected chi connectivity index (χ4v) is 1.97. The Balaban J connectivity index is 2.49. The lowest BCUT2D eigenvalue weighted by atomic mass is 10.0. The molecule has 0 aromatic heterocycles. The molecule has 0 bridgehead atoms. The molecule has 1 aromatic rings. The van der Waals surface area contributed by atoms with Gasteiger partial charge in [-0.15, -0.1) is 0 Å². The molecule has 0 saturated heterocycles. The van der Waals surface area contributed by atoms with Gasteiger partial charge >= 0.3 is 0 Å². The van der Waals surface area contributed by atoms with Gasteiger partial charge in [0, 0.05) is 11.8 Å². The molecular formula is C11H10O2. The van der Waals surface area contributed by atoms with Crippen LogP contribution in [-0.4, -0.2) is 12.6 Å². The first-order valence-electron chi connectivity index (χ1n) is 4.36. The summed E-state index contributed by atoms with van der Waals surface area (Å²) in [7, 11) is 0. The van der Waals surface area contributed by atoms with Gasteiger partial charge in [0.15, 0.2) is 0 Å². The maximum atomic E-state index is 10.7. The Morgan fingerprint density at radius 3 is 1.85 bits per heavy atom. The van der Waals surface area contributed by atoms with E-state index in [1.54, 1.807) is 0 Å². The molecule has 0 spiro atoms. The maximum Gasteiger partial charge on any atom is 0.127 e. The van der Waals surface area contributed by atoms with E-state index < -0.39 is 0 Å². The second kappa shape index (κ2) is 3.13. The lowest BCUT2D eigenvalue weighted by molar-refractivity contribution is -0.110. The average molecular weight is 174 g/mol. The maximum absolute atomic E-state index is 10.7. The molecule has 2 heteroatoms.